The summed E-state index contributed by atoms with van der Waals surface area (Å²) in [5.74, 6) is -0.289. The highest BCUT2D eigenvalue weighted by atomic mass is 16.4. The average molecular weight is 154 g/mol. The number of rotatable bonds is 2. The molecule has 0 aliphatic heterocycles. The molecule has 0 spiro atoms. The zero-order chi connectivity index (χ0) is 8.27. The maximum atomic E-state index is 10.6. The first kappa shape index (κ1) is 8.31. The van der Waals surface area contributed by atoms with Crippen molar-refractivity contribution in [1.82, 2.24) is 0 Å². The van der Waals surface area contributed by atoms with Crippen LogP contribution in [-0.2, 0) is 4.79 Å². The highest BCUT2D eigenvalue weighted by Crippen LogP contribution is 2.25. The SMILES string of the molecule is CCC1C=CCC(C(=O)O)C1. The number of carboxylic acids is 1. The molecule has 0 bridgehead atoms. The summed E-state index contributed by atoms with van der Waals surface area (Å²) in [4.78, 5) is 10.6. The molecular weight excluding hydrogens is 140 g/mol. The zero-order valence-electron chi connectivity index (χ0n) is 6.79. The van der Waals surface area contributed by atoms with Crippen LogP contribution in [0.4, 0.5) is 0 Å². The second-order valence-corrected chi connectivity index (χ2v) is 3.10. The highest BCUT2D eigenvalue weighted by Gasteiger charge is 2.22. The third kappa shape index (κ3) is 2.07. The molecule has 62 valence electrons. The number of aliphatic carboxylic acids is 1. The predicted molar refractivity (Wildman–Crippen MR) is 43.3 cm³/mol. The largest absolute Gasteiger partial charge is 0.481 e. The summed E-state index contributed by atoms with van der Waals surface area (Å²) in [7, 11) is 0. The Morgan fingerprint density at radius 3 is 3.00 bits per heavy atom. The highest BCUT2D eigenvalue weighted by molar-refractivity contribution is 5.70. The first-order chi connectivity index (χ1) is 5.24. The van der Waals surface area contributed by atoms with Crippen LogP contribution >= 0.6 is 0 Å². The van der Waals surface area contributed by atoms with E-state index < -0.39 is 5.97 Å². The fourth-order valence-corrected chi connectivity index (χ4v) is 1.48. The normalized spacial score (nSPS) is 30.3. The van der Waals surface area contributed by atoms with E-state index in [0.29, 0.717) is 12.3 Å². The molecule has 0 saturated carbocycles. The lowest BCUT2D eigenvalue weighted by molar-refractivity contribution is -0.142. The summed E-state index contributed by atoms with van der Waals surface area (Å²) in [5.41, 5.74) is 0. The second kappa shape index (κ2) is 3.56. The molecule has 1 aliphatic carbocycles. The monoisotopic (exact) mass is 154 g/mol. The van der Waals surface area contributed by atoms with Gasteiger partial charge in [-0.2, -0.15) is 0 Å². The van der Waals surface area contributed by atoms with E-state index in [-0.39, 0.29) is 5.92 Å². The van der Waals surface area contributed by atoms with Crippen LogP contribution in [0.3, 0.4) is 0 Å². The van der Waals surface area contributed by atoms with Crippen LogP contribution < -0.4 is 0 Å². The summed E-state index contributed by atoms with van der Waals surface area (Å²) in [6, 6.07) is 0. The molecule has 1 N–H and O–H groups in total. The van der Waals surface area contributed by atoms with Gasteiger partial charge >= 0.3 is 5.97 Å². The second-order valence-electron chi connectivity index (χ2n) is 3.10. The number of carboxylic acid groups (broad SMARTS) is 1. The molecule has 2 heteroatoms. The van der Waals surface area contributed by atoms with Crippen molar-refractivity contribution in [3.05, 3.63) is 12.2 Å². The van der Waals surface area contributed by atoms with Crippen LogP contribution in [0.25, 0.3) is 0 Å². The molecule has 2 nitrogen and oxygen atoms in total. The minimum absolute atomic E-state index is 0.134. The lowest BCUT2D eigenvalue weighted by Crippen LogP contribution is -2.19. The zero-order valence-corrected chi connectivity index (χ0v) is 6.79. The van der Waals surface area contributed by atoms with Crippen molar-refractivity contribution in [2.45, 2.75) is 26.2 Å². The fraction of sp³-hybridized carbons (Fsp3) is 0.667. The Hall–Kier alpha value is -0.790. The minimum Gasteiger partial charge on any atom is -0.481 e. The molecule has 0 heterocycles. The molecular formula is C9H14O2. The third-order valence-electron chi connectivity index (χ3n) is 2.29. The fourth-order valence-electron chi connectivity index (χ4n) is 1.48. The van der Waals surface area contributed by atoms with Crippen molar-refractivity contribution in [1.29, 1.82) is 0 Å². The van der Waals surface area contributed by atoms with Crippen molar-refractivity contribution in [3.8, 4) is 0 Å². The van der Waals surface area contributed by atoms with E-state index in [1.165, 1.54) is 0 Å². The number of carbonyl (C=O) groups is 1. The van der Waals surface area contributed by atoms with Gasteiger partial charge in [-0.1, -0.05) is 19.1 Å². The first-order valence-electron chi connectivity index (χ1n) is 4.13. The van der Waals surface area contributed by atoms with Crippen LogP contribution in [0.15, 0.2) is 12.2 Å². The van der Waals surface area contributed by atoms with E-state index in [0.717, 1.165) is 12.8 Å². The Kier molecular flexibility index (Phi) is 2.69. The lowest BCUT2D eigenvalue weighted by atomic mass is 9.85. The molecule has 0 saturated heterocycles. The quantitative estimate of drug-likeness (QED) is 0.618. The lowest BCUT2D eigenvalue weighted by Gasteiger charge is -2.19. The Balaban J connectivity index is 2.51. The molecule has 2 atom stereocenters. The van der Waals surface area contributed by atoms with E-state index in [1.54, 1.807) is 0 Å². The van der Waals surface area contributed by atoms with Crippen molar-refractivity contribution < 1.29 is 9.90 Å². The van der Waals surface area contributed by atoms with Crippen LogP contribution in [-0.4, -0.2) is 11.1 Å². The molecule has 0 fully saturated rings. The predicted octanol–water partition coefficient (Wildman–Crippen LogP) is 2.06. The summed E-state index contributed by atoms with van der Waals surface area (Å²) in [6.45, 7) is 2.10. The smallest absolute Gasteiger partial charge is 0.306 e. The summed E-state index contributed by atoms with van der Waals surface area (Å²) in [5, 5.41) is 8.72. The summed E-state index contributed by atoms with van der Waals surface area (Å²) in [6.07, 6.45) is 6.73. The summed E-state index contributed by atoms with van der Waals surface area (Å²) < 4.78 is 0. The van der Waals surface area contributed by atoms with Gasteiger partial charge in [0.05, 0.1) is 5.92 Å². The van der Waals surface area contributed by atoms with Gasteiger partial charge in [-0.25, -0.2) is 0 Å². The number of hydrogen-bond acceptors (Lipinski definition) is 1. The standard InChI is InChI=1S/C9H14O2/c1-2-7-4-3-5-8(6-7)9(10)11/h3-4,7-8H,2,5-6H2,1H3,(H,10,11). The maximum Gasteiger partial charge on any atom is 0.306 e. The summed E-state index contributed by atoms with van der Waals surface area (Å²) >= 11 is 0. The molecule has 0 amide bonds. The van der Waals surface area contributed by atoms with E-state index in [9.17, 15) is 4.79 Å². The van der Waals surface area contributed by atoms with Gasteiger partial charge in [0.25, 0.3) is 0 Å². The van der Waals surface area contributed by atoms with E-state index in [4.69, 9.17) is 5.11 Å². The van der Waals surface area contributed by atoms with Crippen LogP contribution in [0.2, 0.25) is 0 Å². The van der Waals surface area contributed by atoms with Gasteiger partial charge in [0, 0.05) is 0 Å². The van der Waals surface area contributed by atoms with Crippen molar-refractivity contribution >= 4 is 5.97 Å². The molecule has 0 aromatic carbocycles. The Labute approximate surface area is 66.9 Å². The van der Waals surface area contributed by atoms with Gasteiger partial charge < -0.3 is 5.11 Å². The topological polar surface area (TPSA) is 37.3 Å². The van der Waals surface area contributed by atoms with E-state index in [2.05, 4.69) is 13.0 Å². The van der Waals surface area contributed by atoms with Crippen LogP contribution in [0.1, 0.15) is 26.2 Å². The van der Waals surface area contributed by atoms with E-state index >= 15 is 0 Å². The molecule has 0 radical (unpaired) electrons. The van der Waals surface area contributed by atoms with Crippen LogP contribution in [0, 0.1) is 11.8 Å². The minimum atomic E-state index is -0.646. The third-order valence-corrected chi connectivity index (χ3v) is 2.29. The molecule has 11 heavy (non-hydrogen) atoms. The first-order valence-corrected chi connectivity index (χ1v) is 4.13. The van der Waals surface area contributed by atoms with E-state index in [1.807, 2.05) is 6.08 Å². The Bertz CT molecular complexity index is 172. The van der Waals surface area contributed by atoms with Gasteiger partial charge in [0.15, 0.2) is 0 Å². The number of hydrogen-bond donors (Lipinski definition) is 1. The maximum absolute atomic E-state index is 10.6. The Morgan fingerprint density at radius 1 is 1.73 bits per heavy atom. The van der Waals surface area contributed by atoms with Gasteiger partial charge in [-0.3, -0.25) is 4.79 Å². The van der Waals surface area contributed by atoms with Crippen LogP contribution in [0.5, 0.6) is 0 Å². The Morgan fingerprint density at radius 2 is 2.45 bits per heavy atom. The molecule has 0 aromatic heterocycles. The molecule has 0 aromatic rings. The molecule has 2 unspecified atom stereocenters. The van der Waals surface area contributed by atoms with Gasteiger partial charge in [-0.15, -0.1) is 0 Å². The molecule has 1 aliphatic rings. The average Bonchev–Trinajstić information content (AvgIpc) is 2.05. The van der Waals surface area contributed by atoms with Gasteiger partial charge in [-0.05, 0) is 25.2 Å². The number of allylic oxidation sites excluding steroid dienone is 2. The van der Waals surface area contributed by atoms with Gasteiger partial charge in [0.1, 0.15) is 0 Å². The van der Waals surface area contributed by atoms with Gasteiger partial charge in [0.2, 0.25) is 0 Å². The van der Waals surface area contributed by atoms with Crippen molar-refractivity contribution in [2.24, 2.45) is 11.8 Å². The molecule has 1 rings (SSSR count). The van der Waals surface area contributed by atoms with Crippen molar-refractivity contribution in [3.63, 3.8) is 0 Å². The van der Waals surface area contributed by atoms with Crippen molar-refractivity contribution in [2.75, 3.05) is 0 Å².